The van der Waals surface area contributed by atoms with Crippen LogP contribution in [0.2, 0.25) is 0 Å². The number of carbonyl (C=O) groups is 2. The van der Waals surface area contributed by atoms with Gasteiger partial charge in [-0.05, 0) is 32.3 Å². The zero-order valence-electron chi connectivity index (χ0n) is 12.5. The first-order valence-corrected chi connectivity index (χ1v) is 7.83. The van der Waals surface area contributed by atoms with Gasteiger partial charge in [-0.25, -0.2) is 9.78 Å². The molecule has 1 amide bonds. The fourth-order valence-electron chi connectivity index (χ4n) is 2.04. The monoisotopic (exact) mass is 318 g/mol. The summed E-state index contributed by atoms with van der Waals surface area (Å²) in [7, 11) is 0. The van der Waals surface area contributed by atoms with Gasteiger partial charge in [-0.2, -0.15) is 0 Å². The number of hydrogen-bond acceptors (Lipinski definition) is 4. The van der Waals surface area contributed by atoms with Gasteiger partial charge in [-0.1, -0.05) is 41.2 Å². The molecule has 1 heterocycles. The van der Waals surface area contributed by atoms with E-state index < -0.39 is 5.97 Å². The highest BCUT2D eigenvalue weighted by atomic mass is 32.1. The summed E-state index contributed by atoms with van der Waals surface area (Å²) in [6, 6.07) is 8.25. The maximum atomic E-state index is 11.9. The van der Waals surface area contributed by atoms with E-state index in [1.807, 2.05) is 6.92 Å². The number of aromatic nitrogens is 1. The van der Waals surface area contributed by atoms with Crippen LogP contribution in [-0.2, 0) is 11.2 Å². The van der Waals surface area contributed by atoms with Crippen LogP contribution in [0, 0.1) is 13.8 Å². The standard InChI is InChI=1S/C16H18N2O3S/c1-10-6-8-12(9-7-10)4-3-5-13(19)18-16-17-11(2)14(22-16)15(20)21/h6-9H,3-5H2,1-2H3,(H,20,21)(H,17,18,19). The Morgan fingerprint density at radius 1 is 1.23 bits per heavy atom. The number of aryl methyl sites for hydroxylation is 3. The van der Waals surface area contributed by atoms with Gasteiger partial charge in [0.1, 0.15) is 4.88 Å². The van der Waals surface area contributed by atoms with Crippen molar-refractivity contribution in [3.8, 4) is 0 Å². The second-order valence-corrected chi connectivity index (χ2v) is 6.13. The second kappa shape index (κ2) is 7.17. The van der Waals surface area contributed by atoms with Gasteiger partial charge >= 0.3 is 5.97 Å². The molecule has 0 aliphatic carbocycles. The van der Waals surface area contributed by atoms with Crippen LogP contribution in [0.5, 0.6) is 0 Å². The van der Waals surface area contributed by atoms with Crippen LogP contribution in [-0.4, -0.2) is 22.0 Å². The number of anilines is 1. The van der Waals surface area contributed by atoms with Crippen molar-refractivity contribution in [2.24, 2.45) is 0 Å². The maximum absolute atomic E-state index is 11.9. The van der Waals surface area contributed by atoms with Gasteiger partial charge in [0.25, 0.3) is 0 Å². The van der Waals surface area contributed by atoms with Crippen molar-refractivity contribution in [1.82, 2.24) is 4.98 Å². The number of thiazole rings is 1. The number of rotatable bonds is 6. The summed E-state index contributed by atoms with van der Waals surface area (Å²) in [5.41, 5.74) is 2.85. The van der Waals surface area contributed by atoms with Crippen LogP contribution in [0.3, 0.4) is 0 Å². The molecule has 1 aromatic heterocycles. The minimum absolute atomic E-state index is 0.141. The highest BCUT2D eigenvalue weighted by Gasteiger charge is 2.15. The van der Waals surface area contributed by atoms with Crippen molar-refractivity contribution in [2.45, 2.75) is 33.1 Å². The van der Waals surface area contributed by atoms with Crippen LogP contribution in [0.1, 0.15) is 39.3 Å². The summed E-state index contributed by atoms with van der Waals surface area (Å²) in [6.45, 7) is 3.66. The van der Waals surface area contributed by atoms with Crippen molar-refractivity contribution < 1.29 is 14.7 Å². The van der Waals surface area contributed by atoms with Crippen molar-refractivity contribution >= 4 is 28.3 Å². The lowest BCUT2D eigenvalue weighted by Crippen LogP contribution is -2.11. The number of carboxylic acids is 1. The SMILES string of the molecule is Cc1ccc(CCCC(=O)Nc2nc(C)c(C(=O)O)s2)cc1. The largest absolute Gasteiger partial charge is 0.477 e. The first kappa shape index (κ1) is 16.2. The first-order valence-electron chi connectivity index (χ1n) is 7.02. The zero-order valence-corrected chi connectivity index (χ0v) is 13.4. The minimum Gasteiger partial charge on any atom is -0.477 e. The zero-order chi connectivity index (χ0) is 16.1. The van der Waals surface area contributed by atoms with Crippen molar-refractivity contribution in [1.29, 1.82) is 0 Å². The smallest absolute Gasteiger partial charge is 0.347 e. The Labute approximate surface area is 133 Å². The number of carbonyl (C=O) groups excluding carboxylic acids is 1. The number of carboxylic acid groups (broad SMARTS) is 1. The highest BCUT2D eigenvalue weighted by Crippen LogP contribution is 2.22. The number of benzene rings is 1. The summed E-state index contributed by atoms with van der Waals surface area (Å²) >= 11 is 0.985. The van der Waals surface area contributed by atoms with Crippen LogP contribution < -0.4 is 5.32 Å². The Balaban J connectivity index is 1.81. The maximum Gasteiger partial charge on any atom is 0.347 e. The Hall–Kier alpha value is -2.21. The van der Waals surface area contributed by atoms with E-state index in [1.54, 1.807) is 6.92 Å². The molecule has 6 heteroatoms. The van der Waals surface area contributed by atoms with Gasteiger partial charge in [-0.3, -0.25) is 4.79 Å². The molecule has 5 nitrogen and oxygen atoms in total. The Kier molecular flexibility index (Phi) is 5.27. The van der Waals surface area contributed by atoms with Gasteiger partial charge in [0.05, 0.1) is 5.69 Å². The third kappa shape index (κ3) is 4.39. The molecule has 0 radical (unpaired) electrons. The molecule has 2 rings (SSSR count). The van der Waals surface area contributed by atoms with E-state index in [0.717, 1.165) is 24.2 Å². The average Bonchev–Trinajstić information content (AvgIpc) is 2.82. The third-order valence-corrected chi connectivity index (χ3v) is 4.29. The van der Waals surface area contributed by atoms with Gasteiger partial charge in [0.2, 0.25) is 5.91 Å². The topological polar surface area (TPSA) is 79.3 Å². The van der Waals surface area contributed by atoms with E-state index in [4.69, 9.17) is 5.11 Å². The van der Waals surface area contributed by atoms with E-state index in [-0.39, 0.29) is 10.8 Å². The van der Waals surface area contributed by atoms with Crippen LogP contribution >= 0.6 is 11.3 Å². The molecule has 0 bridgehead atoms. The Morgan fingerprint density at radius 2 is 1.91 bits per heavy atom. The molecule has 2 aromatic rings. The first-order chi connectivity index (χ1) is 10.5. The second-order valence-electron chi connectivity index (χ2n) is 5.13. The van der Waals surface area contributed by atoms with E-state index >= 15 is 0 Å². The van der Waals surface area contributed by atoms with Crippen molar-refractivity contribution in [3.63, 3.8) is 0 Å². The summed E-state index contributed by atoms with van der Waals surface area (Å²) in [5.74, 6) is -1.16. The normalized spacial score (nSPS) is 10.5. The summed E-state index contributed by atoms with van der Waals surface area (Å²) < 4.78 is 0. The molecule has 0 saturated carbocycles. The van der Waals surface area contributed by atoms with Crippen LogP contribution in [0.25, 0.3) is 0 Å². The lowest BCUT2D eigenvalue weighted by atomic mass is 10.1. The number of aromatic carboxylic acids is 1. The molecular weight excluding hydrogens is 300 g/mol. The van der Waals surface area contributed by atoms with E-state index in [9.17, 15) is 9.59 Å². The molecule has 0 fully saturated rings. The minimum atomic E-state index is -1.02. The Morgan fingerprint density at radius 3 is 2.50 bits per heavy atom. The van der Waals surface area contributed by atoms with E-state index in [0.29, 0.717) is 17.2 Å². The van der Waals surface area contributed by atoms with Gasteiger partial charge < -0.3 is 10.4 Å². The predicted octanol–water partition coefficient (Wildman–Crippen LogP) is 3.42. The molecule has 1 aromatic carbocycles. The molecule has 22 heavy (non-hydrogen) atoms. The van der Waals surface area contributed by atoms with Gasteiger partial charge in [-0.15, -0.1) is 0 Å². The summed E-state index contributed by atoms with van der Waals surface area (Å²) in [5, 5.41) is 12.0. The Bertz CT molecular complexity index is 677. The fraction of sp³-hybridized carbons (Fsp3) is 0.312. The number of hydrogen-bond donors (Lipinski definition) is 2. The van der Waals surface area contributed by atoms with Gasteiger partial charge in [0, 0.05) is 6.42 Å². The fourth-order valence-corrected chi connectivity index (χ4v) is 2.86. The quantitative estimate of drug-likeness (QED) is 0.855. The predicted molar refractivity (Wildman–Crippen MR) is 86.6 cm³/mol. The molecule has 0 saturated heterocycles. The molecule has 0 aliphatic rings. The van der Waals surface area contributed by atoms with Gasteiger partial charge in [0.15, 0.2) is 5.13 Å². The third-order valence-electron chi connectivity index (χ3n) is 3.23. The summed E-state index contributed by atoms with van der Waals surface area (Å²) in [4.78, 5) is 27.0. The lowest BCUT2D eigenvalue weighted by molar-refractivity contribution is -0.116. The van der Waals surface area contributed by atoms with Crippen molar-refractivity contribution in [2.75, 3.05) is 5.32 Å². The van der Waals surface area contributed by atoms with Crippen molar-refractivity contribution in [3.05, 3.63) is 46.0 Å². The lowest BCUT2D eigenvalue weighted by Gasteiger charge is -2.03. The molecular formula is C16H18N2O3S. The van der Waals surface area contributed by atoms with Crippen LogP contribution in [0.4, 0.5) is 5.13 Å². The molecule has 116 valence electrons. The van der Waals surface area contributed by atoms with E-state index in [2.05, 4.69) is 34.6 Å². The molecule has 2 N–H and O–H groups in total. The highest BCUT2D eigenvalue weighted by molar-refractivity contribution is 7.17. The molecule has 0 spiro atoms. The molecule has 0 unspecified atom stereocenters. The number of nitrogens with zero attached hydrogens (tertiary/aromatic N) is 1. The number of amides is 1. The number of nitrogens with one attached hydrogen (secondary N) is 1. The van der Waals surface area contributed by atoms with E-state index in [1.165, 1.54) is 11.1 Å². The average molecular weight is 318 g/mol. The summed E-state index contributed by atoms with van der Waals surface area (Å²) in [6.07, 6.45) is 1.96. The molecule has 0 atom stereocenters. The molecule has 0 aliphatic heterocycles. The van der Waals surface area contributed by atoms with Crippen LogP contribution in [0.15, 0.2) is 24.3 Å².